The van der Waals surface area contributed by atoms with Crippen LogP contribution in [0.3, 0.4) is 0 Å². The van der Waals surface area contributed by atoms with Crippen molar-refractivity contribution in [1.82, 2.24) is 14.8 Å². The number of rotatable bonds is 3. The number of carbonyl (C=O) groups excluding carboxylic acids is 2. The first-order valence-corrected chi connectivity index (χ1v) is 12.3. The summed E-state index contributed by atoms with van der Waals surface area (Å²) in [5, 5.41) is 0. The molecule has 10 heteroatoms. The van der Waals surface area contributed by atoms with E-state index >= 15 is 0 Å². The van der Waals surface area contributed by atoms with Crippen molar-refractivity contribution in [3.63, 3.8) is 0 Å². The zero-order chi connectivity index (χ0) is 24.5. The molecule has 178 valence electrons. The summed E-state index contributed by atoms with van der Waals surface area (Å²) in [5.74, 6) is -0.960. The number of nitrogens with zero attached hydrogens (tertiary/aromatic N) is 4. The fraction of sp³-hybridized carbons (Fsp3) is 0.280. The van der Waals surface area contributed by atoms with Gasteiger partial charge in [-0.1, -0.05) is 30.0 Å². The van der Waals surface area contributed by atoms with E-state index in [9.17, 15) is 14.0 Å². The van der Waals surface area contributed by atoms with Crippen LogP contribution in [-0.4, -0.2) is 56.3 Å². The van der Waals surface area contributed by atoms with Gasteiger partial charge in [-0.15, -0.1) is 0 Å². The molecule has 2 aromatic heterocycles. The quantitative estimate of drug-likeness (QED) is 0.502. The number of aromatic nitrogens is 1. The van der Waals surface area contributed by atoms with E-state index in [1.54, 1.807) is 37.5 Å². The van der Waals surface area contributed by atoms with E-state index < -0.39 is 22.0 Å². The Morgan fingerprint density at radius 2 is 2.00 bits per heavy atom. The Morgan fingerprint density at radius 3 is 2.71 bits per heavy atom. The number of fused-ring (bicyclic) bond motifs is 3. The number of furan rings is 1. The van der Waals surface area contributed by atoms with Gasteiger partial charge in [-0.2, -0.15) is 0 Å². The van der Waals surface area contributed by atoms with Gasteiger partial charge in [-0.25, -0.2) is 4.39 Å². The third-order valence-corrected chi connectivity index (χ3v) is 9.29. The zero-order valence-electron chi connectivity index (χ0n) is 19.0. The molecule has 3 atom stereocenters. The maximum atomic E-state index is 14.7. The highest BCUT2D eigenvalue weighted by Crippen LogP contribution is 2.66. The second kappa shape index (κ2) is 7.71. The lowest BCUT2D eigenvalue weighted by atomic mass is 9.72. The number of anilines is 1. The molecule has 3 aliphatic heterocycles. The summed E-state index contributed by atoms with van der Waals surface area (Å²) >= 11 is 6.95. The van der Waals surface area contributed by atoms with Crippen molar-refractivity contribution in [2.75, 3.05) is 25.5 Å². The number of pyridine rings is 1. The van der Waals surface area contributed by atoms with Crippen LogP contribution in [-0.2, 0) is 21.7 Å². The topological polar surface area (TPSA) is 69.9 Å². The summed E-state index contributed by atoms with van der Waals surface area (Å²) < 4.78 is 19.1. The van der Waals surface area contributed by atoms with Gasteiger partial charge >= 0.3 is 0 Å². The average molecular weight is 509 g/mol. The average Bonchev–Trinajstić information content (AvgIpc) is 3.57. The van der Waals surface area contributed by atoms with E-state index in [0.717, 1.165) is 0 Å². The minimum Gasteiger partial charge on any atom is -0.467 e. The SMILES string of the molecule is CN1C(=O)[C@@]2(c3cc(F)ccc31)N(C)CC(c1ccccn1)[C@@]21SC(=S)N(Cc2ccco2)C1=O. The molecule has 2 amide bonds. The lowest BCUT2D eigenvalue weighted by Crippen LogP contribution is -2.62. The molecule has 1 unspecified atom stereocenters. The molecule has 2 spiro atoms. The van der Waals surface area contributed by atoms with E-state index in [2.05, 4.69) is 4.98 Å². The maximum Gasteiger partial charge on any atom is 0.254 e. The van der Waals surface area contributed by atoms with Crippen molar-refractivity contribution >= 4 is 45.8 Å². The second-order valence-corrected chi connectivity index (χ2v) is 10.9. The van der Waals surface area contributed by atoms with Gasteiger partial charge in [0.15, 0.2) is 5.54 Å². The number of hydrogen-bond acceptors (Lipinski definition) is 7. The normalized spacial score (nSPS) is 28.2. The summed E-state index contributed by atoms with van der Waals surface area (Å²) in [6.07, 6.45) is 3.21. The molecule has 35 heavy (non-hydrogen) atoms. The lowest BCUT2D eigenvalue weighted by molar-refractivity contribution is -0.139. The van der Waals surface area contributed by atoms with Gasteiger partial charge < -0.3 is 9.32 Å². The number of hydrogen-bond donors (Lipinski definition) is 0. The minimum atomic E-state index is -1.47. The number of halogens is 1. The summed E-state index contributed by atoms with van der Waals surface area (Å²) in [6.45, 7) is 0.511. The number of amides is 2. The molecule has 3 aliphatic rings. The summed E-state index contributed by atoms with van der Waals surface area (Å²) in [6, 6.07) is 13.4. The summed E-state index contributed by atoms with van der Waals surface area (Å²) in [7, 11) is 3.47. The third kappa shape index (κ3) is 2.75. The van der Waals surface area contributed by atoms with Crippen LogP contribution in [0.4, 0.5) is 10.1 Å². The van der Waals surface area contributed by atoms with Crippen molar-refractivity contribution in [1.29, 1.82) is 0 Å². The number of likely N-dealkylation sites (N-methyl/N-ethyl adjacent to an activating group) is 2. The summed E-state index contributed by atoms with van der Waals surface area (Å²) in [5.41, 5.74) is 0.257. The third-order valence-electron chi connectivity index (χ3n) is 7.35. The fourth-order valence-electron chi connectivity index (χ4n) is 5.91. The Kier molecular flexibility index (Phi) is 4.93. The molecule has 2 saturated heterocycles. The fourth-order valence-corrected chi connectivity index (χ4v) is 8.02. The Balaban J connectivity index is 1.62. The van der Waals surface area contributed by atoms with Gasteiger partial charge in [-0.3, -0.25) is 24.4 Å². The van der Waals surface area contributed by atoms with Crippen LogP contribution in [0.15, 0.2) is 65.4 Å². The highest BCUT2D eigenvalue weighted by Gasteiger charge is 2.78. The van der Waals surface area contributed by atoms with Gasteiger partial charge in [-0.05, 0) is 49.5 Å². The molecule has 0 radical (unpaired) electrons. The van der Waals surface area contributed by atoms with E-state index in [0.29, 0.717) is 33.6 Å². The van der Waals surface area contributed by atoms with Gasteiger partial charge in [0.2, 0.25) is 5.91 Å². The van der Waals surface area contributed by atoms with Crippen LogP contribution < -0.4 is 4.90 Å². The van der Waals surface area contributed by atoms with Crippen LogP contribution >= 0.6 is 24.0 Å². The Labute approximate surface area is 210 Å². The van der Waals surface area contributed by atoms with Crippen LogP contribution in [0, 0.1) is 5.82 Å². The number of carbonyl (C=O) groups is 2. The Morgan fingerprint density at radius 1 is 1.17 bits per heavy atom. The van der Waals surface area contributed by atoms with E-state index in [-0.39, 0.29) is 18.4 Å². The number of likely N-dealkylation sites (tertiary alicyclic amines) is 1. The first-order chi connectivity index (χ1) is 16.8. The number of thioether (sulfide) groups is 1. The zero-order valence-corrected chi connectivity index (χ0v) is 20.6. The van der Waals surface area contributed by atoms with Gasteiger partial charge in [0.25, 0.3) is 5.91 Å². The van der Waals surface area contributed by atoms with Crippen molar-refractivity contribution in [3.8, 4) is 0 Å². The monoisotopic (exact) mass is 508 g/mol. The first kappa shape index (κ1) is 22.4. The number of benzene rings is 1. The molecule has 5 heterocycles. The highest BCUT2D eigenvalue weighted by atomic mass is 32.2. The maximum absolute atomic E-state index is 14.7. The number of thiocarbonyl (C=S) groups is 1. The smallest absolute Gasteiger partial charge is 0.254 e. The van der Waals surface area contributed by atoms with E-state index in [1.807, 2.05) is 24.1 Å². The Hall–Kier alpha value is -3.08. The molecule has 1 aromatic carbocycles. The molecule has 0 bridgehead atoms. The van der Waals surface area contributed by atoms with Crippen molar-refractivity contribution in [2.45, 2.75) is 22.7 Å². The molecule has 2 fully saturated rings. The predicted molar refractivity (Wildman–Crippen MR) is 133 cm³/mol. The molecule has 7 nitrogen and oxygen atoms in total. The molecule has 6 rings (SSSR count). The molecule has 0 aliphatic carbocycles. The molecule has 0 saturated carbocycles. The van der Waals surface area contributed by atoms with Gasteiger partial charge in [0.1, 0.15) is 20.6 Å². The van der Waals surface area contributed by atoms with Crippen LogP contribution in [0.25, 0.3) is 0 Å². The molecular formula is C25H21FN4O3S2. The largest absolute Gasteiger partial charge is 0.467 e. The van der Waals surface area contributed by atoms with E-state index in [1.165, 1.54) is 40.0 Å². The predicted octanol–water partition coefficient (Wildman–Crippen LogP) is 3.51. The summed E-state index contributed by atoms with van der Waals surface area (Å²) in [4.78, 5) is 38.2. The lowest BCUT2D eigenvalue weighted by Gasteiger charge is -2.42. The molecular weight excluding hydrogens is 487 g/mol. The van der Waals surface area contributed by atoms with Crippen molar-refractivity contribution in [2.24, 2.45) is 0 Å². The molecule has 0 N–H and O–H groups in total. The first-order valence-electron chi connectivity index (χ1n) is 11.1. The van der Waals surface area contributed by atoms with E-state index in [4.69, 9.17) is 16.6 Å². The standard InChI is InChI=1S/C25H21FN4O3S2/c1-28-14-18(19-7-3-4-10-27-19)25(22(32)30(23(34)35-25)13-16-6-5-11-33-16)24(28)17-12-15(26)8-9-20(17)29(2)21(24)31/h3-12,18H,13-14H2,1-2H3/t18?,24-,25+/m1/s1. The highest BCUT2D eigenvalue weighted by molar-refractivity contribution is 8.25. The van der Waals surface area contributed by atoms with Crippen LogP contribution in [0.2, 0.25) is 0 Å². The van der Waals surface area contributed by atoms with Crippen molar-refractivity contribution < 1.29 is 18.4 Å². The van der Waals surface area contributed by atoms with Crippen LogP contribution in [0.5, 0.6) is 0 Å². The van der Waals surface area contributed by atoms with Gasteiger partial charge in [0.05, 0.1) is 12.8 Å². The Bertz CT molecular complexity index is 1370. The van der Waals surface area contributed by atoms with Gasteiger partial charge in [0, 0.05) is 42.7 Å². The minimum absolute atomic E-state index is 0.147. The second-order valence-electron chi connectivity index (χ2n) is 9.00. The van der Waals surface area contributed by atoms with Crippen molar-refractivity contribution in [3.05, 3.63) is 83.8 Å². The van der Waals surface area contributed by atoms with Crippen LogP contribution in [0.1, 0.15) is 22.9 Å². The molecule has 3 aromatic rings.